The summed E-state index contributed by atoms with van der Waals surface area (Å²) in [7, 11) is 0. The second-order valence-electron chi connectivity index (χ2n) is 5.90. The summed E-state index contributed by atoms with van der Waals surface area (Å²) in [5.41, 5.74) is 0.900. The van der Waals surface area contributed by atoms with E-state index in [4.69, 9.17) is 14.2 Å². The fraction of sp³-hybridized carbons (Fsp3) is 0.529. The van der Waals surface area contributed by atoms with Crippen LogP contribution in [0, 0.1) is 0 Å². The van der Waals surface area contributed by atoms with Crippen molar-refractivity contribution in [2.45, 2.75) is 25.2 Å². The van der Waals surface area contributed by atoms with Gasteiger partial charge in [-0.25, -0.2) is 4.79 Å². The van der Waals surface area contributed by atoms with Crippen LogP contribution in [0.4, 0.5) is 4.79 Å². The summed E-state index contributed by atoms with van der Waals surface area (Å²) >= 11 is 0. The molecule has 1 aromatic rings. The predicted octanol–water partition coefficient (Wildman–Crippen LogP) is 1.28. The van der Waals surface area contributed by atoms with Gasteiger partial charge in [0.15, 0.2) is 5.79 Å². The van der Waals surface area contributed by atoms with Gasteiger partial charge >= 0.3 is 6.09 Å². The third-order valence-corrected chi connectivity index (χ3v) is 4.29. The number of alkyl carbamates (subject to hydrolysis) is 1. The Hall–Kier alpha value is -2.12. The standard InChI is InChI=1S/C17H22N2O5/c20-15(19-8-6-17(7-9-19)23-10-11-24-17)12-18-16(21)22-13-14-4-2-1-3-5-14/h1-5H,6-13H2,(H,18,21). The lowest BCUT2D eigenvalue weighted by Crippen LogP contribution is -2.49. The zero-order valence-electron chi connectivity index (χ0n) is 13.5. The Kier molecular flexibility index (Phi) is 5.32. The van der Waals surface area contributed by atoms with Crippen molar-refractivity contribution in [2.75, 3.05) is 32.8 Å². The quantitative estimate of drug-likeness (QED) is 0.897. The summed E-state index contributed by atoms with van der Waals surface area (Å²) in [5, 5.41) is 2.50. The van der Waals surface area contributed by atoms with Crippen molar-refractivity contribution in [1.82, 2.24) is 10.2 Å². The first kappa shape index (κ1) is 16.7. The molecule has 1 spiro atoms. The van der Waals surface area contributed by atoms with E-state index >= 15 is 0 Å². The van der Waals surface area contributed by atoms with E-state index in [-0.39, 0.29) is 19.1 Å². The summed E-state index contributed by atoms with van der Waals surface area (Å²) < 4.78 is 16.3. The van der Waals surface area contributed by atoms with Crippen LogP contribution in [0.1, 0.15) is 18.4 Å². The molecule has 2 aliphatic heterocycles. The molecule has 0 bridgehead atoms. The summed E-state index contributed by atoms with van der Waals surface area (Å²) in [6.07, 6.45) is 0.733. The molecular weight excluding hydrogens is 312 g/mol. The monoisotopic (exact) mass is 334 g/mol. The Morgan fingerprint density at radius 3 is 2.46 bits per heavy atom. The van der Waals surface area contributed by atoms with Crippen LogP contribution >= 0.6 is 0 Å². The Morgan fingerprint density at radius 2 is 1.79 bits per heavy atom. The molecule has 2 saturated heterocycles. The number of hydrogen-bond acceptors (Lipinski definition) is 5. The first-order valence-electron chi connectivity index (χ1n) is 8.17. The van der Waals surface area contributed by atoms with Crippen molar-refractivity contribution in [3.63, 3.8) is 0 Å². The fourth-order valence-corrected chi connectivity index (χ4v) is 2.92. The second-order valence-corrected chi connectivity index (χ2v) is 5.90. The fourth-order valence-electron chi connectivity index (χ4n) is 2.92. The first-order valence-corrected chi connectivity index (χ1v) is 8.17. The highest BCUT2D eigenvalue weighted by Crippen LogP contribution is 2.31. The van der Waals surface area contributed by atoms with Crippen molar-refractivity contribution >= 4 is 12.0 Å². The average molecular weight is 334 g/mol. The van der Waals surface area contributed by atoms with Crippen molar-refractivity contribution in [1.29, 1.82) is 0 Å². The van der Waals surface area contributed by atoms with Gasteiger partial charge in [-0.1, -0.05) is 30.3 Å². The van der Waals surface area contributed by atoms with E-state index in [2.05, 4.69) is 5.32 Å². The Bertz CT molecular complexity index is 562. The SMILES string of the molecule is O=C(NCC(=O)N1CCC2(CC1)OCCO2)OCc1ccccc1. The Labute approximate surface area is 140 Å². The lowest BCUT2D eigenvalue weighted by atomic mass is 10.0. The molecule has 2 heterocycles. The van der Waals surface area contributed by atoms with Crippen molar-refractivity contribution in [3.8, 4) is 0 Å². The maximum atomic E-state index is 12.2. The Balaban J connectivity index is 1.35. The van der Waals surface area contributed by atoms with Gasteiger partial charge in [0.05, 0.1) is 13.2 Å². The molecule has 0 atom stereocenters. The molecule has 24 heavy (non-hydrogen) atoms. The number of nitrogens with one attached hydrogen (secondary N) is 1. The normalized spacial score (nSPS) is 19.2. The number of carbonyl (C=O) groups excluding carboxylic acids is 2. The molecule has 0 aromatic heterocycles. The van der Waals surface area contributed by atoms with Crippen LogP contribution in [0.5, 0.6) is 0 Å². The lowest BCUT2D eigenvalue weighted by Gasteiger charge is -2.37. The largest absolute Gasteiger partial charge is 0.445 e. The molecular formula is C17H22N2O5. The molecule has 0 aliphatic carbocycles. The maximum Gasteiger partial charge on any atom is 0.407 e. The number of amides is 2. The van der Waals surface area contributed by atoms with Crippen LogP contribution in [0.2, 0.25) is 0 Å². The van der Waals surface area contributed by atoms with Crippen LogP contribution in [-0.4, -0.2) is 55.5 Å². The highest BCUT2D eigenvalue weighted by atomic mass is 16.7. The molecule has 2 fully saturated rings. The summed E-state index contributed by atoms with van der Waals surface area (Å²) in [6, 6.07) is 9.39. The number of rotatable bonds is 4. The van der Waals surface area contributed by atoms with Gasteiger partial charge in [-0.3, -0.25) is 4.79 Å². The minimum Gasteiger partial charge on any atom is -0.445 e. The molecule has 7 nitrogen and oxygen atoms in total. The van der Waals surface area contributed by atoms with Crippen LogP contribution < -0.4 is 5.32 Å². The predicted molar refractivity (Wildman–Crippen MR) is 85.1 cm³/mol. The van der Waals surface area contributed by atoms with E-state index in [1.165, 1.54) is 0 Å². The molecule has 1 N–H and O–H groups in total. The number of likely N-dealkylation sites (tertiary alicyclic amines) is 1. The van der Waals surface area contributed by atoms with Gasteiger partial charge in [-0.15, -0.1) is 0 Å². The molecule has 0 saturated carbocycles. The van der Waals surface area contributed by atoms with Crippen molar-refractivity contribution in [2.24, 2.45) is 0 Å². The van der Waals surface area contributed by atoms with Gasteiger partial charge in [0.2, 0.25) is 5.91 Å². The average Bonchev–Trinajstić information content (AvgIpc) is 3.07. The highest BCUT2D eigenvalue weighted by molar-refractivity contribution is 5.82. The third kappa shape index (κ3) is 4.24. The topological polar surface area (TPSA) is 77.1 Å². The molecule has 2 amide bonds. The van der Waals surface area contributed by atoms with E-state index in [9.17, 15) is 9.59 Å². The lowest BCUT2D eigenvalue weighted by molar-refractivity contribution is -0.187. The molecule has 2 aliphatic rings. The number of carbonyl (C=O) groups is 2. The molecule has 0 radical (unpaired) electrons. The number of piperidine rings is 1. The third-order valence-electron chi connectivity index (χ3n) is 4.29. The maximum absolute atomic E-state index is 12.2. The van der Waals surface area contributed by atoms with Crippen LogP contribution in [0.25, 0.3) is 0 Å². The number of nitrogens with zero attached hydrogens (tertiary/aromatic N) is 1. The van der Waals surface area contributed by atoms with Crippen molar-refractivity contribution in [3.05, 3.63) is 35.9 Å². The van der Waals surface area contributed by atoms with Gasteiger partial charge in [-0.05, 0) is 5.56 Å². The molecule has 0 unspecified atom stereocenters. The second kappa shape index (κ2) is 7.63. The van der Waals surface area contributed by atoms with Crippen LogP contribution in [0.15, 0.2) is 30.3 Å². The minimum absolute atomic E-state index is 0.0671. The van der Waals surface area contributed by atoms with E-state index in [1.807, 2.05) is 30.3 Å². The van der Waals surface area contributed by atoms with E-state index < -0.39 is 11.9 Å². The summed E-state index contributed by atoms with van der Waals surface area (Å²) in [4.78, 5) is 25.5. The smallest absolute Gasteiger partial charge is 0.407 e. The van der Waals surface area contributed by atoms with Crippen molar-refractivity contribution < 1.29 is 23.8 Å². The number of ether oxygens (including phenoxy) is 3. The van der Waals surface area contributed by atoms with Crippen LogP contribution in [-0.2, 0) is 25.6 Å². The Morgan fingerprint density at radius 1 is 1.12 bits per heavy atom. The van der Waals surface area contributed by atoms with Gasteiger partial charge in [-0.2, -0.15) is 0 Å². The zero-order chi connectivity index (χ0) is 16.8. The van der Waals surface area contributed by atoms with Gasteiger partial charge in [0, 0.05) is 25.9 Å². The minimum atomic E-state index is -0.594. The first-order chi connectivity index (χ1) is 11.7. The number of benzene rings is 1. The summed E-state index contributed by atoms with van der Waals surface area (Å²) in [5.74, 6) is -0.627. The van der Waals surface area contributed by atoms with E-state index in [1.54, 1.807) is 4.90 Å². The number of hydrogen-bond donors (Lipinski definition) is 1. The van der Waals surface area contributed by atoms with Gasteiger partial charge < -0.3 is 24.4 Å². The summed E-state index contributed by atoms with van der Waals surface area (Å²) in [6.45, 7) is 2.48. The van der Waals surface area contributed by atoms with E-state index in [0.717, 1.165) is 5.56 Å². The molecule has 3 rings (SSSR count). The van der Waals surface area contributed by atoms with Gasteiger partial charge in [0.1, 0.15) is 13.2 Å². The highest BCUT2D eigenvalue weighted by Gasteiger charge is 2.40. The molecule has 7 heteroatoms. The van der Waals surface area contributed by atoms with Crippen LogP contribution in [0.3, 0.4) is 0 Å². The zero-order valence-corrected chi connectivity index (χ0v) is 13.5. The molecule has 1 aromatic carbocycles. The molecule has 130 valence electrons. The van der Waals surface area contributed by atoms with Gasteiger partial charge in [0.25, 0.3) is 0 Å². The van der Waals surface area contributed by atoms with E-state index in [0.29, 0.717) is 39.1 Å².